The normalized spacial score (nSPS) is 14.7. The lowest BCUT2D eigenvalue weighted by molar-refractivity contribution is 0.0696. The Morgan fingerprint density at radius 2 is 2.13 bits per heavy atom. The molecule has 0 aromatic heterocycles. The van der Waals surface area contributed by atoms with Gasteiger partial charge in [0.25, 0.3) is 0 Å². The summed E-state index contributed by atoms with van der Waals surface area (Å²) in [5.74, 6) is 0.130. The third kappa shape index (κ3) is 2.21. The molecule has 1 fully saturated rings. The smallest absolute Gasteiger partial charge is 0.335 e. The lowest BCUT2D eigenvalue weighted by Gasteiger charge is -2.10. The Bertz CT molecular complexity index is 382. The molecule has 0 amide bonds. The zero-order valence-electron chi connectivity index (χ0n) is 8.40. The summed E-state index contributed by atoms with van der Waals surface area (Å²) in [6.45, 7) is 0. The van der Waals surface area contributed by atoms with Crippen LogP contribution in [0.1, 0.15) is 23.2 Å². The fourth-order valence-corrected chi connectivity index (χ4v) is 1.27. The first kappa shape index (κ1) is 9.83. The Morgan fingerprint density at radius 3 is 2.67 bits per heavy atom. The molecule has 0 aliphatic heterocycles. The van der Waals surface area contributed by atoms with Crippen LogP contribution in [0.3, 0.4) is 0 Å². The average molecular weight is 208 g/mol. The van der Waals surface area contributed by atoms with E-state index in [4.69, 9.17) is 14.6 Å². The number of methoxy groups -OCH3 is 1. The third-order valence-electron chi connectivity index (χ3n) is 2.23. The van der Waals surface area contributed by atoms with E-state index < -0.39 is 5.97 Å². The molecule has 4 nitrogen and oxygen atoms in total. The van der Waals surface area contributed by atoms with Gasteiger partial charge in [0.05, 0.1) is 18.8 Å². The van der Waals surface area contributed by atoms with Crippen molar-refractivity contribution in [1.82, 2.24) is 0 Å². The number of ether oxygens (including phenoxy) is 2. The van der Waals surface area contributed by atoms with Crippen LogP contribution in [0.4, 0.5) is 0 Å². The van der Waals surface area contributed by atoms with Crippen LogP contribution in [0, 0.1) is 0 Å². The summed E-state index contributed by atoms with van der Waals surface area (Å²) in [5.41, 5.74) is 0.214. The minimum atomic E-state index is -0.960. The summed E-state index contributed by atoms with van der Waals surface area (Å²) in [6.07, 6.45) is 2.28. The molecular formula is C11H12O4. The number of carbonyl (C=O) groups is 1. The number of aromatic carboxylic acids is 1. The maximum absolute atomic E-state index is 10.8. The minimum Gasteiger partial charge on any atom is -0.493 e. The van der Waals surface area contributed by atoms with Gasteiger partial charge in [0.2, 0.25) is 0 Å². The van der Waals surface area contributed by atoms with Gasteiger partial charge in [-0.2, -0.15) is 0 Å². The van der Waals surface area contributed by atoms with Crippen LogP contribution in [0.25, 0.3) is 0 Å². The standard InChI is InChI=1S/C11H12O4/c1-14-9-5-2-7(11(12)13)6-10(9)15-8-3-4-8/h2,5-6,8H,3-4H2,1H3,(H,12,13). The van der Waals surface area contributed by atoms with E-state index in [1.165, 1.54) is 19.2 Å². The van der Waals surface area contributed by atoms with Crippen molar-refractivity contribution in [3.8, 4) is 11.5 Å². The summed E-state index contributed by atoms with van der Waals surface area (Å²) in [4.78, 5) is 10.8. The van der Waals surface area contributed by atoms with Crippen LogP contribution in [-0.4, -0.2) is 24.3 Å². The van der Waals surface area contributed by atoms with E-state index in [0.29, 0.717) is 11.5 Å². The second-order valence-corrected chi connectivity index (χ2v) is 3.49. The van der Waals surface area contributed by atoms with Gasteiger partial charge in [0.15, 0.2) is 11.5 Å². The Hall–Kier alpha value is -1.71. The van der Waals surface area contributed by atoms with Gasteiger partial charge in [-0.1, -0.05) is 0 Å². The van der Waals surface area contributed by atoms with Gasteiger partial charge in [-0.15, -0.1) is 0 Å². The van der Waals surface area contributed by atoms with Gasteiger partial charge >= 0.3 is 5.97 Å². The van der Waals surface area contributed by atoms with Crippen molar-refractivity contribution in [3.05, 3.63) is 23.8 Å². The minimum absolute atomic E-state index is 0.214. The highest BCUT2D eigenvalue weighted by atomic mass is 16.5. The average Bonchev–Trinajstić information content (AvgIpc) is 3.01. The molecule has 4 heteroatoms. The Labute approximate surface area is 87.4 Å². The van der Waals surface area contributed by atoms with E-state index in [1.807, 2.05) is 0 Å². The second kappa shape index (κ2) is 3.81. The first-order chi connectivity index (χ1) is 7.20. The summed E-state index contributed by atoms with van der Waals surface area (Å²) >= 11 is 0. The zero-order chi connectivity index (χ0) is 10.8. The Balaban J connectivity index is 2.28. The van der Waals surface area contributed by atoms with Crippen LogP contribution in [0.15, 0.2) is 18.2 Å². The van der Waals surface area contributed by atoms with Gasteiger partial charge in [0, 0.05) is 0 Å². The third-order valence-corrected chi connectivity index (χ3v) is 2.23. The number of carboxylic acids is 1. The van der Waals surface area contributed by atoms with Crippen molar-refractivity contribution in [3.63, 3.8) is 0 Å². The Morgan fingerprint density at radius 1 is 1.40 bits per heavy atom. The lowest BCUT2D eigenvalue weighted by Crippen LogP contribution is -2.02. The number of hydrogen-bond acceptors (Lipinski definition) is 3. The van der Waals surface area contributed by atoms with Crippen molar-refractivity contribution >= 4 is 5.97 Å². The molecule has 1 aliphatic carbocycles. The van der Waals surface area contributed by atoms with Gasteiger partial charge < -0.3 is 14.6 Å². The lowest BCUT2D eigenvalue weighted by atomic mass is 10.2. The zero-order valence-corrected chi connectivity index (χ0v) is 8.40. The maximum atomic E-state index is 10.8. The van der Waals surface area contributed by atoms with E-state index in [1.54, 1.807) is 6.07 Å². The summed E-state index contributed by atoms with van der Waals surface area (Å²) in [6, 6.07) is 4.61. The second-order valence-electron chi connectivity index (χ2n) is 3.49. The fourth-order valence-electron chi connectivity index (χ4n) is 1.27. The van der Waals surface area contributed by atoms with E-state index >= 15 is 0 Å². The predicted octanol–water partition coefficient (Wildman–Crippen LogP) is 1.93. The molecule has 1 aliphatic rings. The highest BCUT2D eigenvalue weighted by Gasteiger charge is 2.25. The highest BCUT2D eigenvalue weighted by Crippen LogP contribution is 2.34. The highest BCUT2D eigenvalue weighted by molar-refractivity contribution is 5.88. The van der Waals surface area contributed by atoms with Crippen molar-refractivity contribution < 1.29 is 19.4 Å². The van der Waals surface area contributed by atoms with Crippen LogP contribution < -0.4 is 9.47 Å². The van der Waals surface area contributed by atoms with Gasteiger partial charge in [0.1, 0.15) is 0 Å². The monoisotopic (exact) mass is 208 g/mol. The molecule has 1 aromatic carbocycles. The molecular weight excluding hydrogens is 196 g/mol. The molecule has 0 unspecified atom stereocenters. The van der Waals surface area contributed by atoms with Gasteiger partial charge in [-0.3, -0.25) is 0 Å². The SMILES string of the molecule is COc1ccc(C(=O)O)cc1OC1CC1. The van der Waals surface area contributed by atoms with Crippen LogP contribution in [0.2, 0.25) is 0 Å². The van der Waals surface area contributed by atoms with E-state index in [-0.39, 0.29) is 11.7 Å². The molecule has 0 bridgehead atoms. The van der Waals surface area contributed by atoms with Gasteiger partial charge in [-0.25, -0.2) is 4.79 Å². The summed E-state index contributed by atoms with van der Waals surface area (Å²) < 4.78 is 10.6. The molecule has 0 saturated heterocycles. The largest absolute Gasteiger partial charge is 0.493 e. The first-order valence-electron chi connectivity index (χ1n) is 4.78. The van der Waals surface area contributed by atoms with E-state index in [0.717, 1.165) is 12.8 Å². The Kier molecular flexibility index (Phi) is 2.49. The number of benzene rings is 1. The molecule has 0 radical (unpaired) electrons. The quantitative estimate of drug-likeness (QED) is 0.821. The molecule has 80 valence electrons. The van der Waals surface area contributed by atoms with Crippen molar-refractivity contribution in [2.75, 3.05) is 7.11 Å². The number of hydrogen-bond donors (Lipinski definition) is 1. The van der Waals surface area contributed by atoms with Crippen molar-refractivity contribution in [1.29, 1.82) is 0 Å². The number of carboxylic acid groups (broad SMARTS) is 1. The van der Waals surface area contributed by atoms with Crippen LogP contribution in [-0.2, 0) is 0 Å². The molecule has 1 saturated carbocycles. The predicted molar refractivity (Wildman–Crippen MR) is 53.6 cm³/mol. The molecule has 0 atom stereocenters. The number of rotatable bonds is 4. The van der Waals surface area contributed by atoms with Crippen molar-refractivity contribution in [2.45, 2.75) is 18.9 Å². The summed E-state index contributed by atoms with van der Waals surface area (Å²) in [7, 11) is 1.54. The molecule has 15 heavy (non-hydrogen) atoms. The van der Waals surface area contributed by atoms with Crippen LogP contribution >= 0.6 is 0 Å². The maximum Gasteiger partial charge on any atom is 0.335 e. The van der Waals surface area contributed by atoms with Crippen molar-refractivity contribution in [2.24, 2.45) is 0 Å². The topological polar surface area (TPSA) is 55.8 Å². The molecule has 0 heterocycles. The molecule has 1 N–H and O–H groups in total. The van der Waals surface area contributed by atoms with E-state index in [2.05, 4.69) is 0 Å². The molecule has 1 aromatic rings. The van der Waals surface area contributed by atoms with E-state index in [9.17, 15) is 4.79 Å². The summed E-state index contributed by atoms with van der Waals surface area (Å²) in [5, 5.41) is 8.83. The van der Waals surface area contributed by atoms with Gasteiger partial charge in [-0.05, 0) is 31.0 Å². The first-order valence-corrected chi connectivity index (χ1v) is 4.78. The molecule has 0 spiro atoms. The fraction of sp³-hybridized carbons (Fsp3) is 0.364. The van der Waals surface area contributed by atoms with Crippen LogP contribution in [0.5, 0.6) is 11.5 Å². The molecule has 2 rings (SSSR count).